The van der Waals surface area contributed by atoms with Crippen molar-refractivity contribution in [1.29, 1.82) is 0 Å². The first-order chi connectivity index (χ1) is 15.9. The predicted octanol–water partition coefficient (Wildman–Crippen LogP) is -6.45. The topological polar surface area (TPSA) is 266 Å². The molecule has 10 N–H and O–H groups in total. The lowest BCUT2D eigenvalue weighted by molar-refractivity contribution is -0.378. The standard InChI is InChI=1S/C18H30O16/c1-3-12(32-17-9(24)6(21)5(20)4(2-19)31-17)13(11(26)16(29)30-3)33-18-10(25)7(22)8(23)14(34-18)15(27)28/h3-14,16-26,29H,2H2,1H3,(H,27,28)/t3-,4+,5-,6-,7-,8-,9+,10+,11-,12+,13-,14-,16+,17-,18+/m0/s1. The molecule has 3 saturated heterocycles. The molecule has 16 heteroatoms. The van der Waals surface area contributed by atoms with Crippen molar-refractivity contribution in [1.82, 2.24) is 0 Å². The van der Waals surface area contributed by atoms with Crippen molar-refractivity contribution >= 4 is 5.97 Å². The summed E-state index contributed by atoms with van der Waals surface area (Å²) in [5, 5.41) is 99.1. The van der Waals surface area contributed by atoms with Crippen LogP contribution in [0.15, 0.2) is 0 Å². The first-order valence-electron chi connectivity index (χ1n) is 10.4. The average molecular weight is 502 g/mol. The van der Waals surface area contributed by atoms with Crippen LogP contribution in [0.4, 0.5) is 0 Å². The summed E-state index contributed by atoms with van der Waals surface area (Å²) in [5.74, 6) is -1.68. The second-order valence-electron chi connectivity index (χ2n) is 8.36. The van der Waals surface area contributed by atoms with Crippen molar-refractivity contribution in [3.05, 3.63) is 0 Å². The van der Waals surface area contributed by atoms with Crippen LogP contribution >= 0.6 is 0 Å². The number of carboxylic acid groups (broad SMARTS) is 1. The molecular formula is C18H30O16. The smallest absolute Gasteiger partial charge is 0.335 e. The molecule has 15 atom stereocenters. The average Bonchev–Trinajstić information content (AvgIpc) is 2.79. The number of hydrogen-bond donors (Lipinski definition) is 10. The molecule has 0 aliphatic carbocycles. The van der Waals surface area contributed by atoms with Gasteiger partial charge in [0.25, 0.3) is 0 Å². The van der Waals surface area contributed by atoms with Crippen LogP contribution in [-0.4, -0.2) is 156 Å². The fraction of sp³-hybridized carbons (Fsp3) is 0.944. The van der Waals surface area contributed by atoms with Gasteiger partial charge in [-0.15, -0.1) is 0 Å². The van der Waals surface area contributed by atoms with Crippen LogP contribution in [-0.2, 0) is 28.5 Å². The maximum atomic E-state index is 11.3. The summed E-state index contributed by atoms with van der Waals surface area (Å²) in [6, 6.07) is 0. The molecule has 34 heavy (non-hydrogen) atoms. The summed E-state index contributed by atoms with van der Waals surface area (Å²) >= 11 is 0. The third-order valence-electron chi connectivity index (χ3n) is 6.01. The van der Waals surface area contributed by atoms with Gasteiger partial charge in [0.1, 0.15) is 61.0 Å². The number of aliphatic hydroxyl groups excluding tert-OH is 9. The lowest BCUT2D eigenvalue weighted by atomic mass is 9.96. The molecule has 16 nitrogen and oxygen atoms in total. The van der Waals surface area contributed by atoms with Gasteiger partial charge in [0.2, 0.25) is 0 Å². The maximum absolute atomic E-state index is 11.3. The summed E-state index contributed by atoms with van der Waals surface area (Å²) in [4.78, 5) is 11.3. The van der Waals surface area contributed by atoms with E-state index in [0.29, 0.717) is 0 Å². The highest BCUT2D eigenvalue weighted by Gasteiger charge is 2.54. The fourth-order valence-electron chi connectivity index (χ4n) is 4.00. The minimum absolute atomic E-state index is 0.748. The first-order valence-corrected chi connectivity index (χ1v) is 10.4. The third-order valence-corrected chi connectivity index (χ3v) is 6.01. The molecule has 0 spiro atoms. The van der Waals surface area contributed by atoms with Gasteiger partial charge in [-0.2, -0.15) is 0 Å². The second-order valence-corrected chi connectivity index (χ2v) is 8.36. The van der Waals surface area contributed by atoms with Gasteiger partial charge < -0.3 is 74.7 Å². The molecule has 3 rings (SSSR count). The van der Waals surface area contributed by atoms with E-state index in [1.165, 1.54) is 6.92 Å². The normalized spacial score (nSPS) is 52.4. The van der Waals surface area contributed by atoms with Crippen molar-refractivity contribution in [3.63, 3.8) is 0 Å². The molecular weight excluding hydrogens is 472 g/mol. The summed E-state index contributed by atoms with van der Waals surface area (Å²) in [6.07, 6.45) is -26.2. The highest BCUT2D eigenvalue weighted by Crippen LogP contribution is 2.32. The summed E-state index contributed by atoms with van der Waals surface area (Å²) < 4.78 is 26.5. The van der Waals surface area contributed by atoms with Crippen molar-refractivity contribution in [2.24, 2.45) is 0 Å². The number of carbonyl (C=O) groups is 1. The number of ether oxygens (including phenoxy) is 5. The number of carboxylic acids is 1. The van der Waals surface area contributed by atoms with Crippen molar-refractivity contribution in [2.75, 3.05) is 6.61 Å². The zero-order chi connectivity index (χ0) is 25.5. The van der Waals surface area contributed by atoms with Gasteiger partial charge in [-0.1, -0.05) is 0 Å². The van der Waals surface area contributed by atoms with E-state index in [9.17, 15) is 55.9 Å². The fourth-order valence-corrected chi connectivity index (χ4v) is 4.00. The Morgan fingerprint density at radius 1 is 0.706 bits per heavy atom. The lowest BCUT2D eigenvalue weighted by Crippen LogP contribution is -2.66. The van der Waals surface area contributed by atoms with Crippen molar-refractivity contribution < 1.29 is 79.5 Å². The zero-order valence-electron chi connectivity index (χ0n) is 17.8. The summed E-state index contributed by atoms with van der Waals surface area (Å²) in [6.45, 7) is 0.610. The van der Waals surface area contributed by atoms with E-state index in [1.54, 1.807) is 0 Å². The van der Waals surface area contributed by atoms with Crippen molar-refractivity contribution in [2.45, 2.75) is 99.0 Å². The molecule has 3 heterocycles. The van der Waals surface area contributed by atoms with Gasteiger partial charge in [0.15, 0.2) is 25.0 Å². The van der Waals surface area contributed by atoms with Crippen LogP contribution in [0.5, 0.6) is 0 Å². The molecule has 0 saturated carbocycles. The predicted molar refractivity (Wildman–Crippen MR) is 100 cm³/mol. The molecule has 0 radical (unpaired) electrons. The van der Waals surface area contributed by atoms with Crippen molar-refractivity contribution in [3.8, 4) is 0 Å². The molecule has 0 aromatic heterocycles. The monoisotopic (exact) mass is 502 g/mol. The summed E-state index contributed by atoms with van der Waals surface area (Å²) in [7, 11) is 0. The Bertz CT molecular complexity index is 693. The van der Waals surface area contributed by atoms with E-state index < -0.39 is 105 Å². The number of aliphatic hydroxyl groups is 9. The Balaban J connectivity index is 1.82. The molecule has 0 aromatic rings. The minimum atomic E-state index is -2.01. The first kappa shape index (κ1) is 27.5. The van der Waals surface area contributed by atoms with Crippen LogP contribution in [0.25, 0.3) is 0 Å². The Hall–Kier alpha value is -1.09. The van der Waals surface area contributed by atoms with E-state index >= 15 is 0 Å². The molecule has 3 fully saturated rings. The van der Waals surface area contributed by atoms with E-state index in [-0.39, 0.29) is 0 Å². The van der Waals surface area contributed by atoms with Crippen LogP contribution in [0.1, 0.15) is 6.92 Å². The highest BCUT2D eigenvalue weighted by atomic mass is 16.8. The Kier molecular flexibility index (Phi) is 8.81. The van der Waals surface area contributed by atoms with E-state index in [1.807, 2.05) is 0 Å². The minimum Gasteiger partial charge on any atom is -0.479 e. The Labute approximate surface area is 192 Å². The van der Waals surface area contributed by atoms with Gasteiger partial charge in [0, 0.05) is 0 Å². The van der Waals surface area contributed by atoms with E-state index in [2.05, 4.69) is 0 Å². The SMILES string of the molecule is C[C@@H]1O[C@@H](O)[C@@H](O)[C@H](O[C@@H]2O[C@H](C(=O)O)[C@@H](O)[C@H](O)[C@H]2O)[C@@H]1O[C@@H]1O[C@H](CO)[C@H](O)[C@H](O)[C@H]1O. The van der Waals surface area contributed by atoms with Crippen LogP contribution in [0.2, 0.25) is 0 Å². The van der Waals surface area contributed by atoms with Crippen LogP contribution < -0.4 is 0 Å². The molecule has 0 bridgehead atoms. The van der Waals surface area contributed by atoms with Crippen LogP contribution in [0, 0.1) is 0 Å². The van der Waals surface area contributed by atoms with Gasteiger partial charge in [0.05, 0.1) is 12.7 Å². The molecule has 0 aromatic carbocycles. The Morgan fingerprint density at radius 2 is 1.24 bits per heavy atom. The van der Waals surface area contributed by atoms with E-state index in [4.69, 9.17) is 23.7 Å². The number of hydrogen-bond acceptors (Lipinski definition) is 15. The van der Waals surface area contributed by atoms with Crippen LogP contribution in [0.3, 0.4) is 0 Å². The molecule has 0 unspecified atom stereocenters. The van der Waals surface area contributed by atoms with E-state index in [0.717, 1.165) is 0 Å². The highest BCUT2D eigenvalue weighted by molar-refractivity contribution is 5.73. The third kappa shape index (κ3) is 5.20. The van der Waals surface area contributed by atoms with Gasteiger partial charge in [-0.3, -0.25) is 0 Å². The zero-order valence-corrected chi connectivity index (χ0v) is 17.8. The Morgan fingerprint density at radius 3 is 1.79 bits per heavy atom. The van der Waals surface area contributed by atoms with Gasteiger partial charge in [-0.05, 0) is 6.92 Å². The molecule has 3 aliphatic heterocycles. The largest absolute Gasteiger partial charge is 0.479 e. The lowest BCUT2D eigenvalue weighted by Gasteiger charge is -2.47. The summed E-state index contributed by atoms with van der Waals surface area (Å²) in [5.41, 5.74) is 0. The quantitative estimate of drug-likeness (QED) is 0.162. The molecule has 198 valence electrons. The second kappa shape index (κ2) is 10.9. The maximum Gasteiger partial charge on any atom is 0.335 e. The molecule has 3 aliphatic rings. The number of aliphatic carboxylic acids is 1. The molecule has 0 amide bonds. The van der Waals surface area contributed by atoms with Gasteiger partial charge in [-0.25, -0.2) is 4.79 Å². The number of rotatable bonds is 6. The van der Waals surface area contributed by atoms with Gasteiger partial charge >= 0.3 is 5.97 Å².